The third-order valence-corrected chi connectivity index (χ3v) is 4.70. The molecule has 0 fully saturated rings. The highest BCUT2D eigenvalue weighted by Crippen LogP contribution is 2.40. The van der Waals surface area contributed by atoms with Gasteiger partial charge in [-0.25, -0.2) is 4.79 Å². The van der Waals surface area contributed by atoms with Crippen molar-refractivity contribution in [3.63, 3.8) is 0 Å². The van der Waals surface area contributed by atoms with Gasteiger partial charge in [0.1, 0.15) is 17.6 Å². The Kier molecular flexibility index (Phi) is 4.16. The molecule has 1 aromatic carbocycles. The van der Waals surface area contributed by atoms with Crippen LogP contribution in [0.4, 0.5) is 0 Å². The Labute approximate surface area is 149 Å². The van der Waals surface area contributed by atoms with Crippen LogP contribution in [-0.2, 0) is 14.3 Å². The van der Waals surface area contributed by atoms with Gasteiger partial charge in [0.05, 0.1) is 12.2 Å². The van der Waals surface area contributed by atoms with Crippen molar-refractivity contribution in [3.05, 3.63) is 71.4 Å². The molecule has 0 saturated heterocycles. The maximum absolute atomic E-state index is 12.6. The van der Waals surface area contributed by atoms with E-state index in [0.29, 0.717) is 41.9 Å². The quantitative estimate of drug-likeness (QED) is 0.860. The fraction of sp³-hybridized carbons (Fsp3) is 0.250. The van der Waals surface area contributed by atoms with E-state index in [9.17, 15) is 14.4 Å². The van der Waals surface area contributed by atoms with Crippen molar-refractivity contribution in [1.82, 2.24) is 5.32 Å². The molecular formula is C20H17NO5. The van der Waals surface area contributed by atoms with Gasteiger partial charge in [-0.1, -0.05) is 18.2 Å². The lowest BCUT2D eigenvalue weighted by Crippen LogP contribution is -2.50. The van der Waals surface area contributed by atoms with E-state index in [1.54, 1.807) is 42.5 Å². The van der Waals surface area contributed by atoms with Crippen LogP contribution in [0.5, 0.6) is 0 Å². The van der Waals surface area contributed by atoms with Gasteiger partial charge in [-0.15, -0.1) is 0 Å². The normalized spacial score (nSPS) is 22.6. The molecule has 2 aromatic rings. The molecule has 1 N–H and O–H groups in total. The van der Waals surface area contributed by atoms with E-state index in [1.807, 2.05) is 0 Å². The molecule has 1 aromatic heterocycles. The van der Waals surface area contributed by atoms with Crippen LogP contribution in [0.2, 0.25) is 0 Å². The van der Waals surface area contributed by atoms with Crippen molar-refractivity contribution in [3.8, 4) is 0 Å². The summed E-state index contributed by atoms with van der Waals surface area (Å²) in [5, 5.41) is 2.72. The molecule has 26 heavy (non-hydrogen) atoms. The van der Waals surface area contributed by atoms with Gasteiger partial charge in [0.2, 0.25) is 0 Å². The van der Waals surface area contributed by atoms with E-state index in [1.165, 1.54) is 6.26 Å². The molecule has 6 nitrogen and oxygen atoms in total. The van der Waals surface area contributed by atoms with E-state index in [0.717, 1.165) is 0 Å². The molecule has 1 amide bonds. The minimum Gasteiger partial charge on any atom is -0.469 e. The van der Waals surface area contributed by atoms with Crippen molar-refractivity contribution in [2.45, 2.75) is 31.2 Å². The number of furan rings is 1. The zero-order valence-corrected chi connectivity index (χ0v) is 13.9. The van der Waals surface area contributed by atoms with Gasteiger partial charge >= 0.3 is 5.97 Å². The Balaban J connectivity index is 1.73. The Morgan fingerprint density at radius 2 is 1.85 bits per heavy atom. The molecule has 4 rings (SSSR count). The van der Waals surface area contributed by atoms with Gasteiger partial charge in [0.25, 0.3) is 5.91 Å². The zero-order chi connectivity index (χ0) is 18.1. The number of rotatable bonds is 3. The smallest absolute Gasteiger partial charge is 0.334 e. The summed E-state index contributed by atoms with van der Waals surface area (Å²) in [7, 11) is 0. The highest BCUT2D eigenvalue weighted by Gasteiger charge is 2.46. The molecule has 2 aliphatic rings. The Morgan fingerprint density at radius 3 is 2.58 bits per heavy atom. The van der Waals surface area contributed by atoms with Crippen molar-refractivity contribution in [2.75, 3.05) is 0 Å². The molecule has 2 unspecified atom stereocenters. The maximum Gasteiger partial charge on any atom is 0.334 e. The summed E-state index contributed by atoms with van der Waals surface area (Å²) < 4.78 is 10.9. The first-order valence-electron chi connectivity index (χ1n) is 8.52. The predicted molar refractivity (Wildman–Crippen MR) is 91.1 cm³/mol. The molecule has 0 radical (unpaired) electrons. The fourth-order valence-corrected chi connectivity index (χ4v) is 3.51. The number of carbonyl (C=O) groups is 3. The van der Waals surface area contributed by atoms with E-state index in [-0.39, 0.29) is 5.78 Å². The third-order valence-electron chi connectivity index (χ3n) is 4.70. The highest BCUT2D eigenvalue weighted by molar-refractivity contribution is 6.03. The topological polar surface area (TPSA) is 85.6 Å². The highest BCUT2D eigenvalue weighted by atomic mass is 16.5. The van der Waals surface area contributed by atoms with E-state index in [2.05, 4.69) is 5.32 Å². The number of carbonyl (C=O) groups excluding carboxylic acids is 3. The summed E-state index contributed by atoms with van der Waals surface area (Å²) in [6, 6.07) is 11.0. The summed E-state index contributed by atoms with van der Waals surface area (Å²) in [6.45, 7) is 0. The van der Waals surface area contributed by atoms with E-state index < -0.39 is 23.8 Å². The Bertz CT molecular complexity index is 882. The number of hydrogen-bond acceptors (Lipinski definition) is 5. The molecule has 1 aliphatic carbocycles. The maximum atomic E-state index is 12.6. The van der Waals surface area contributed by atoms with E-state index in [4.69, 9.17) is 9.15 Å². The SMILES string of the molecule is O=C1CCCC2=C1C(c1ccco1)C(NC(=O)c1ccccc1)C(=O)O2. The number of esters is 1. The van der Waals surface area contributed by atoms with Crippen LogP contribution in [0.15, 0.2) is 64.5 Å². The average Bonchev–Trinajstić information content (AvgIpc) is 3.18. The second-order valence-corrected chi connectivity index (χ2v) is 6.34. The summed E-state index contributed by atoms with van der Waals surface area (Å²) in [5.41, 5.74) is 0.859. The number of allylic oxidation sites excluding steroid dienone is 1. The van der Waals surface area contributed by atoms with Gasteiger partial charge in [-0.3, -0.25) is 9.59 Å². The van der Waals surface area contributed by atoms with E-state index >= 15 is 0 Å². The number of ketones is 1. The number of amides is 1. The van der Waals surface area contributed by atoms with Gasteiger partial charge in [0.15, 0.2) is 5.78 Å². The number of Topliss-reactive ketones (excluding diaryl/α,β-unsaturated/α-hetero) is 1. The van der Waals surface area contributed by atoms with Crippen LogP contribution in [0.1, 0.15) is 41.3 Å². The molecule has 132 valence electrons. The molecular weight excluding hydrogens is 334 g/mol. The van der Waals surface area contributed by atoms with Crippen LogP contribution < -0.4 is 5.32 Å². The summed E-state index contributed by atoms with van der Waals surface area (Å²) >= 11 is 0. The largest absolute Gasteiger partial charge is 0.469 e. The molecule has 2 atom stereocenters. The standard InChI is InChI=1S/C20H17NO5/c22-13-8-4-9-15-16(13)17(14-10-5-11-25-14)18(20(24)26-15)21-19(23)12-6-2-1-3-7-12/h1-3,5-7,10-11,17-18H,4,8-9H2,(H,21,23). The van der Waals surface area contributed by atoms with Gasteiger partial charge in [-0.2, -0.15) is 0 Å². The minimum atomic E-state index is -1.02. The number of nitrogens with one attached hydrogen (secondary N) is 1. The van der Waals surface area contributed by atoms with Gasteiger partial charge < -0.3 is 14.5 Å². The first-order valence-corrected chi connectivity index (χ1v) is 8.52. The first-order chi connectivity index (χ1) is 12.6. The first kappa shape index (κ1) is 16.3. The van der Waals surface area contributed by atoms with Gasteiger partial charge in [-0.05, 0) is 30.7 Å². The molecule has 0 spiro atoms. The van der Waals surface area contributed by atoms with Crippen LogP contribution in [0.25, 0.3) is 0 Å². The minimum absolute atomic E-state index is 0.0703. The summed E-state index contributed by atoms with van der Waals surface area (Å²) in [6.07, 6.45) is 3.06. The van der Waals surface area contributed by atoms with Crippen LogP contribution in [0.3, 0.4) is 0 Å². The zero-order valence-electron chi connectivity index (χ0n) is 13.9. The van der Waals surface area contributed by atoms with Crippen LogP contribution in [0, 0.1) is 0 Å². The lowest BCUT2D eigenvalue weighted by atomic mass is 9.79. The third kappa shape index (κ3) is 2.83. The number of hydrogen-bond donors (Lipinski definition) is 1. The molecule has 6 heteroatoms. The summed E-state index contributed by atoms with van der Waals surface area (Å²) in [4.78, 5) is 37.7. The number of benzene rings is 1. The Morgan fingerprint density at radius 1 is 1.04 bits per heavy atom. The molecule has 0 bridgehead atoms. The lowest BCUT2D eigenvalue weighted by molar-refractivity contribution is -0.144. The van der Waals surface area contributed by atoms with Crippen molar-refractivity contribution in [2.24, 2.45) is 0 Å². The lowest BCUT2D eigenvalue weighted by Gasteiger charge is -2.34. The van der Waals surface area contributed by atoms with Crippen molar-refractivity contribution in [1.29, 1.82) is 0 Å². The van der Waals surface area contributed by atoms with Crippen LogP contribution in [-0.4, -0.2) is 23.7 Å². The predicted octanol–water partition coefficient (Wildman–Crippen LogP) is 2.73. The average molecular weight is 351 g/mol. The molecule has 1 aliphatic heterocycles. The Hall–Kier alpha value is -3.15. The molecule has 0 saturated carbocycles. The summed E-state index contributed by atoms with van der Waals surface area (Å²) in [5.74, 6) is -0.873. The second-order valence-electron chi connectivity index (χ2n) is 6.34. The molecule has 2 heterocycles. The second kappa shape index (κ2) is 6.63. The van der Waals surface area contributed by atoms with Crippen molar-refractivity contribution >= 4 is 17.7 Å². The van der Waals surface area contributed by atoms with Crippen LogP contribution >= 0.6 is 0 Å². The number of ether oxygens (including phenoxy) is 1. The monoisotopic (exact) mass is 351 g/mol. The van der Waals surface area contributed by atoms with Crippen molar-refractivity contribution < 1.29 is 23.5 Å². The van der Waals surface area contributed by atoms with Gasteiger partial charge in [0, 0.05) is 24.0 Å². The fourth-order valence-electron chi connectivity index (χ4n) is 3.51.